The Balaban J connectivity index is 2.98. The Hall–Kier alpha value is -1.71. The highest BCUT2D eigenvalue weighted by Crippen LogP contribution is 2.25. The van der Waals surface area contributed by atoms with Crippen molar-refractivity contribution in [2.24, 2.45) is 0 Å². The molecule has 1 N–H and O–H groups in total. The third-order valence-electron chi connectivity index (χ3n) is 1.82. The number of hydrogen-bond donors (Lipinski definition) is 1. The third kappa shape index (κ3) is 3.15. The van der Waals surface area contributed by atoms with E-state index in [4.69, 9.17) is 9.47 Å². The van der Waals surface area contributed by atoms with Crippen LogP contribution in [0.2, 0.25) is 0 Å². The second-order valence-corrected chi connectivity index (χ2v) is 4.38. The smallest absolute Gasteiger partial charge is 0.342 e. The van der Waals surface area contributed by atoms with Crippen LogP contribution in [0.3, 0.4) is 0 Å². The van der Waals surface area contributed by atoms with Gasteiger partial charge in [-0.1, -0.05) is 0 Å². The van der Waals surface area contributed by atoms with Crippen LogP contribution in [0.15, 0.2) is 18.2 Å². The predicted octanol–water partition coefficient (Wildman–Crippen LogP) is 2.36. The summed E-state index contributed by atoms with van der Waals surface area (Å²) < 4.78 is 10.1. The van der Waals surface area contributed by atoms with Gasteiger partial charge in [0.05, 0.1) is 7.11 Å². The molecule has 0 saturated heterocycles. The highest BCUT2D eigenvalue weighted by molar-refractivity contribution is 5.93. The topological polar surface area (TPSA) is 55.8 Å². The molecule has 0 radical (unpaired) electrons. The molecule has 1 aromatic rings. The van der Waals surface area contributed by atoms with Crippen molar-refractivity contribution >= 4 is 5.97 Å². The second-order valence-electron chi connectivity index (χ2n) is 4.38. The molecule has 0 spiro atoms. The van der Waals surface area contributed by atoms with Crippen molar-refractivity contribution in [3.8, 4) is 11.5 Å². The zero-order valence-electron chi connectivity index (χ0n) is 9.90. The van der Waals surface area contributed by atoms with Crippen LogP contribution >= 0.6 is 0 Å². The number of aromatic hydroxyl groups is 1. The molecule has 88 valence electrons. The fourth-order valence-corrected chi connectivity index (χ4v) is 1.14. The minimum absolute atomic E-state index is 0.106. The van der Waals surface area contributed by atoms with Gasteiger partial charge in [0, 0.05) is 0 Å². The number of ether oxygens (including phenoxy) is 2. The molecule has 0 aliphatic carbocycles. The lowest BCUT2D eigenvalue weighted by Gasteiger charge is -2.19. The van der Waals surface area contributed by atoms with Gasteiger partial charge >= 0.3 is 5.97 Å². The molecule has 0 bridgehead atoms. The highest BCUT2D eigenvalue weighted by Gasteiger charge is 2.20. The molecular weight excluding hydrogens is 208 g/mol. The summed E-state index contributed by atoms with van der Waals surface area (Å²) in [5, 5.41) is 9.54. The molecule has 0 atom stereocenters. The van der Waals surface area contributed by atoms with E-state index in [2.05, 4.69) is 0 Å². The van der Waals surface area contributed by atoms with E-state index < -0.39 is 11.6 Å². The van der Waals surface area contributed by atoms with Crippen molar-refractivity contribution in [3.05, 3.63) is 23.8 Å². The minimum atomic E-state index is -0.591. The molecule has 1 rings (SSSR count). The Morgan fingerprint density at radius 1 is 1.31 bits per heavy atom. The average molecular weight is 224 g/mol. The third-order valence-corrected chi connectivity index (χ3v) is 1.82. The van der Waals surface area contributed by atoms with Gasteiger partial charge < -0.3 is 14.6 Å². The van der Waals surface area contributed by atoms with Crippen LogP contribution in [-0.4, -0.2) is 23.8 Å². The van der Waals surface area contributed by atoms with Crippen molar-refractivity contribution in [1.29, 1.82) is 0 Å². The zero-order valence-corrected chi connectivity index (χ0v) is 9.90. The Labute approximate surface area is 94.8 Å². The highest BCUT2D eigenvalue weighted by atomic mass is 16.6. The average Bonchev–Trinajstić information content (AvgIpc) is 2.15. The standard InChI is InChI=1S/C12H16O4/c1-12(2,3)16-11(14)9-7-8(15-4)5-6-10(9)13/h5-7,13H,1-4H3. The zero-order chi connectivity index (χ0) is 12.3. The lowest BCUT2D eigenvalue weighted by atomic mass is 10.1. The van der Waals surface area contributed by atoms with Crippen LogP contribution in [0.5, 0.6) is 11.5 Å². The van der Waals surface area contributed by atoms with Crippen molar-refractivity contribution in [1.82, 2.24) is 0 Å². The van der Waals surface area contributed by atoms with Crippen molar-refractivity contribution in [2.45, 2.75) is 26.4 Å². The van der Waals surface area contributed by atoms with Crippen molar-refractivity contribution < 1.29 is 19.4 Å². The minimum Gasteiger partial charge on any atom is -0.507 e. The lowest BCUT2D eigenvalue weighted by Crippen LogP contribution is -2.23. The van der Waals surface area contributed by atoms with Gasteiger partial charge in [-0.25, -0.2) is 4.79 Å². The van der Waals surface area contributed by atoms with Crippen LogP contribution in [0.1, 0.15) is 31.1 Å². The first-order chi connectivity index (χ1) is 7.33. The largest absolute Gasteiger partial charge is 0.507 e. The van der Waals surface area contributed by atoms with Gasteiger partial charge in [0.2, 0.25) is 0 Å². The quantitative estimate of drug-likeness (QED) is 0.783. The molecule has 0 amide bonds. The number of rotatable bonds is 2. The summed E-state index contributed by atoms with van der Waals surface area (Å²) in [6, 6.07) is 4.42. The maximum atomic E-state index is 11.7. The van der Waals surface area contributed by atoms with Crippen LogP contribution in [0.4, 0.5) is 0 Å². The normalized spacial score (nSPS) is 11.0. The van der Waals surface area contributed by atoms with Crippen molar-refractivity contribution in [3.63, 3.8) is 0 Å². The maximum absolute atomic E-state index is 11.7. The number of methoxy groups -OCH3 is 1. The predicted molar refractivity (Wildman–Crippen MR) is 59.8 cm³/mol. The molecule has 0 saturated carbocycles. The van der Waals surface area contributed by atoms with Gasteiger partial charge in [-0.2, -0.15) is 0 Å². The fraction of sp³-hybridized carbons (Fsp3) is 0.417. The van der Waals surface area contributed by atoms with E-state index >= 15 is 0 Å². The molecule has 0 unspecified atom stereocenters. The number of benzene rings is 1. The van der Waals surface area contributed by atoms with Gasteiger partial charge in [0.15, 0.2) is 0 Å². The van der Waals surface area contributed by atoms with Crippen LogP contribution in [0, 0.1) is 0 Å². The molecular formula is C12H16O4. The number of carbonyl (C=O) groups excluding carboxylic acids is 1. The summed E-state index contributed by atoms with van der Waals surface area (Å²) in [5.41, 5.74) is -0.485. The summed E-state index contributed by atoms with van der Waals surface area (Å²) in [7, 11) is 1.49. The van der Waals surface area contributed by atoms with E-state index in [1.165, 1.54) is 19.2 Å². The van der Waals surface area contributed by atoms with Gasteiger partial charge in [-0.15, -0.1) is 0 Å². The fourth-order valence-electron chi connectivity index (χ4n) is 1.14. The van der Waals surface area contributed by atoms with E-state index in [0.29, 0.717) is 5.75 Å². The van der Waals surface area contributed by atoms with E-state index in [9.17, 15) is 9.90 Å². The van der Waals surface area contributed by atoms with Gasteiger partial charge in [-0.05, 0) is 39.0 Å². The first-order valence-electron chi connectivity index (χ1n) is 4.94. The monoisotopic (exact) mass is 224 g/mol. The van der Waals surface area contributed by atoms with Crippen LogP contribution in [0.25, 0.3) is 0 Å². The van der Waals surface area contributed by atoms with E-state index in [1.54, 1.807) is 26.8 Å². The molecule has 0 aromatic heterocycles. The first-order valence-corrected chi connectivity index (χ1v) is 4.94. The summed E-state index contributed by atoms with van der Waals surface area (Å²) in [6.45, 7) is 5.30. The van der Waals surface area contributed by atoms with E-state index in [0.717, 1.165) is 0 Å². The number of phenolic OH excluding ortho intramolecular Hbond substituents is 1. The summed E-state index contributed by atoms with van der Waals surface area (Å²) in [6.07, 6.45) is 0. The van der Waals surface area contributed by atoms with E-state index in [-0.39, 0.29) is 11.3 Å². The summed E-state index contributed by atoms with van der Waals surface area (Å²) in [4.78, 5) is 11.7. The maximum Gasteiger partial charge on any atom is 0.342 e. The molecule has 16 heavy (non-hydrogen) atoms. The SMILES string of the molecule is COc1ccc(O)c(C(=O)OC(C)(C)C)c1. The Bertz CT molecular complexity index is 390. The number of hydrogen-bond acceptors (Lipinski definition) is 4. The number of esters is 1. The Morgan fingerprint density at radius 2 is 1.94 bits per heavy atom. The molecule has 0 aliphatic rings. The molecule has 4 heteroatoms. The molecule has 0 heterocycles. The molecule has 4 nitrogen and oxygen atoms in total. The molecule has 1 aromatic carbocycles. The number of phenols is 1. The second kappa shape index (κ2) is 4.43. The van der Waals surface area contributed by atoms with Gasteiger partial charge in [-0.3, -0.25) is 0 Å². The number of carbonyl (C=O) groups is 1. The Kier molecular flexibility index (Phi) is 3.42. The van der Waals surface area contributed by atoms with Crippen molar-refractivity contribution in [2.75, 3.05) is 7.11 Å². The van der Waals surface area contributed by atoms with Crippen LogP contribution in [-0.2, 0) is 4.74 Å². The summed E-state index contributed by atoms with van der Waals surface area (Å²) in [5.74, 6) is -0.183. The molecule has 0 aliphatic heterocycles. The Morgan fingerprint density at radius 3 is 2.44 bits per heavy atom. The van der Waals surface area contributed by atoms with E-state index in [1.807, 2.05) is 0 Å². The van der Waals surface area contributed by atoms with Gasteiger partial charge in [0.1, 0.15) is 22.7 Å². The van der Waals surface area contributed by atoms with Gasteiger partial charge in [0.25, 0.3) is 0 Å². The summed E-state index contributed by atoms with van der Waals surface area (Å²) >= 11 is 0. The first kappa shape index (κ1) is 12.4. The molecule has 0 fully saturated rings. The lowest BCUT2D eigenvalue weighted by molar-refractivity contribution is 0.00665. The van der Waals surface area contributed by atoms with Crippen LogP contribution < -0.4 is 4.74 Å².